The van der Waals surface area contributed by atoms with Crippen molar-refractivity contribution < 1.29 is 9.53 Å². The number of carbonyl (C=O) groups excluding carboxylic acids is 1. The molecule has 4 aromatic rings. The topological polar surface area (TPSA) is 31.2 Å². The number of halogens is 1. The summed E-state index contributed by atoms with van der Waals surface area (Å²) in [6.45, 7) is 0.780. The van der Waals surface area contributed by atoms with Crippen LogP contribution in [0.2, 0.25) is 5.02 Å². The second kappa shape index (κ2) is 7.68. The largest absolute Gasteiger partial charge is 0.488 e. The average Bonchev–Trinajstić information content (AvgIpc) is 3.11. The smallest absolute Gasteiger partial charge is 0.182 e. The number of rotatable bonds is 6. The zero-order chi connectivity index (χ0) is 18.6. The number of ether oxygens (including phenoxy) is 1. The van der Waals surface area contributed by atoms with E-state index in [0.29, 0.717) is 17.2 Å². The molecular weight excluding hydrogens is 358 g/mol. The maximum absolute atomic E-state index is 12.6. The van der Waals surface area contributed by atoms with Crippen molar-refractivity contribution in [2.75, 3.05) is 0 Å². The van der Waals surface area contributed by atoms with Crippen LogP contribution in [0.5, 0.6) is 5.75 Å². The zero-order valence-electron chi connectivity index (χ0n) is 14.6. The molecule has 3 nitrogen and oxygen atoms in total. The summed E-state index contributed by atoms with van der Waals surface area (Å²) in [7, 11) is 0. The summed E-state index contributed by atoms with van der Waals surface area (Å²) < 4.78 is 7.95. The third-order valence-corrected chi connectivity index (χ3v) is 4.74. The summed E-state index contributed by atoms with van der Waals surface area (Å²) in [5.74, 6) is 0.855. The van der Waals surface area contributed by atoms with Gasteiger partial charge in [-0.25, -0.2) is 0 Å². The molecule has 0 saturated heterocycles. The number of ketones is 1. The number of Topliss-reactive ketones (excluding diaryl/α,β-unsaturated/α-hetero) is 1. The molecule has 0 aliphatic carbocycles. The van der Waals surface area contributed by atoms with Crippen LogP contribution in [0.25, 0.3) is 10.9 Å². The standard InChI is InChI=1S/C23H18ClNO2/c24-19-11-9-18(10-12-19)22(26)15-25-14-13-20-21(25)7-4-8-23(20)27-16-17-5-2-1-3-6-17/h1-14H,15-16H2. The first-order chi connectivity index (χ1) is 13.2. The van der Waals surface area contributed by atoms with Gasteiger partial charge in [0.25, 0.3) is 0 Å². The molecule has 27 heavy (non-hydrogen) atoms. The molecule has 0 atom stereocenters. The molecular formula is C23H18ClNO2. The lowest BCUT2D eigenvalue weighted by Gasteiger charge is -2.09. The van der Waals surface area contributed by atoms with Crippen molar-refractivity contribution in [2.45, 2.75) is 13.2 Å². The molecule has 0 saturated carbocycles. The van der Waals surface area contributed by atoms with E-state index in [4.69, 9.17) is 16.3 Å². The van der Waals surface area contributed by atoms with Gasteiger partial charge in [0, 0.05) is 22.2 Å². The van der Waals surface area contributed by atoms with Crippen LogP contribution < -0.4 is 4.74 Å². The van der Waals surface area contributed by atoms with Gasteiger partial charge in [-0.15, -0.1) is 0 Å². The molecule has 0 radical (unpaired) electrons. The van der Waals surface area contributed by atoms with E-state index < -0.39 is 0 Å². The van der Waals surface area contributed by atoms with Crippen LogP contribution >= 0.6 is 11.6 Å². The molecule has 0 N–H and O–H groups in total. The Morgan fingerprint density at radius 1 is 0.889 bits per heavy atom. The van der Waals surface area contributed by atoms with Crippen LogP contribution in [0.15, 0.2) is 85.1 Å². The van der Waals surface area contributed by atoms with Crippen molar-refractivity contribution in [2.24, 2.45) is 0 Å². The summed E-state index contributed by atoms with van der Waals surface area (Å²) in [5, 5.41) is 1.62. The molecule has 0 bridgehead atoms. The number of hydrogen-bond acceptors (Lipinski definition) is 2. The van der Waals surface area contributed by atoms with Crippen LogP contribution in [-0.4, -0.2) is 10.4 Å². The minimum Gasteiger partial charge on any atom is -0.488 e. The van der Waals surface area contributed by atoms with Gasteiger partial charge in [0.15, 0.2) is 5.78 Å². The van der Waals surface area contributed by atoms with Gasteiger partial charge < -0.3 is 9.30 Å². The van der Waals surface area contributed by atoms with E-state index in [2.05, 4.69) is 0 Å². The van der Waals surface area contributed by atoms with Crippen molar-refractivity contribution in [3.8, 4) is 5.75 Å². The third kappa shape index (κ3) is 3.88. The van der Waals surface area contributed by atoms with Crippen molar-refractivity contribution in [1.82, 2.24) is 4.57 Å². The average molecular weight is 376 g/mol. The normalized spacial score (nSPS) is 10.9. The predicted molar refractivity (Wildman–Crippen MR) is 108 cm³/mol. The van der Waals surface area contributed by atoms with Gasteiger partial charge in [-0.3, -0.25) is 4.79 Å². The predicted octanol–water partition coefficient (Wildman–Crippen LogP) is 5.76. The number of hydrogen-bond donors (Lipinski definition) is 0. The first kappa shape index (κ1) is 17.4. The minimum absolute atomic E-state index is 0.0415. The highest BCUT2D eigenvalue weighted by Gasteiger charge is 2.11. The second-order valence-electron chi connectivity index (χ2n) is 6.34. The van der Waals surface area contributed by atoms with Crippen molar-refractivity contribution >= 4 is 28.3 Å². The summed E-state index contributed by atoms with van der Waals surface area (Å²) in [4.78, 5) is 12.6. The van der Waals surface area contributed by atoms with Crippen molar-refractivity contribution in [3.63, 3.8) is 0 Å². The van der Waals surface area contributed by atoms with Crippen LogP contribution in [0.1, 0.15) is 15.9 Å². The Kier molecular flexibility index (Phi) is 4.95. The van der Waals surface area contributed by atoms with E-state index in [9.17, 15) is 4.79 Å². The maximum atomic E-state index is 12.6. The number of fused-ring (bicyclic) bond motifs is 1. The highest BCUT2D eigenvalue weighted by atomic mass is 35.5. The Hall–Kier alpha value is -3.04. The quantitative estimate of drug-likeness (QED) is 0.401. The number of carbonyl (C=O) groups is 1. The monoisotopic (exact) mass is 375 g/mol. The molecule has 0 unspecified atom stereocenters. The Balaban J connectivity index is 1.55. The molecule has 0 fully saturated rings. The van der Waals surface area contributed by atoms with Gasteiger partial charge in [0.05, 0.1) is 12.1 Å². The third-order valence-electron chi connectivity index (χ3n) is 4.49. The lowest BCUT2D eigenvalue weighted by Crippen LogP contribution is -2.09. The molecule has 4 heteroatoms. The molecule has 3 aromatic carbocycles. The highest BCUT2D eigenvalue weighted by Crippen LogP contribution is 2.27. The molecule has 0 aliphatic heterocycles. The van der Waals surface area contributed by atoms with Gasteiger partial charge >= 0.3 is 0 Å². The van der Waals surface area contributed by atoms with Crippen LogP contribution in [0.3, 0.4) is 0 Å². The van der Waals surface area contributed by atoms with E-state index in [1.807, 2.05) is 65.4 Å². The van der Waals surface area contributed by atoms with Crippen LogP contribution in [0.4, 0.5) is 0 Å². The molecule has 134 valence electrons. The van der Waals surface area contributed by atoms with Gasteiger partial charge in [-0.2, -0.15) is 0 Å². The fourth-order valence-electron chi connectivity index (χ4n) is 3.08. The first-order valence-corrected chi connectivity index (χ1v) is 9.12. The van der Waals surface area contributed by atoms with E-state index in [1.54, 1.807) is 24.3 Å². The molecule has 0 amide bonds. The van der Waals surface area contributed by atoms with Crippen molar-refractivity contribution in [3.05, 3.63) is 101 Å². The Labute approximate surface area is 162 Å². The maximum Gasteiger partial charge on any atom is 0.182 e. The summed E-state index contributed by atoms with van der Waals surface area (Å²) in [6.07, 6.45) is 1.92. The number of benzene rings is 3. The van der Waals surface area contributed by atoms with E-state index in [-0.39, 0.29) is 12.3 Å². The SMILES string of the molecule is O=C(Cn1ccc2c(OCc3ccccc3)cccc21)c1ccc(Cl)cc1. The molecule has 4 rings (SSSR count). The molecule has 1 heterocycles. The van der Waals surface area contributed by atoms with Crippen LogP contribution in [0, 0.1) is 0 Å². The minimum atomic E-state index is 0.0415. The zero-order valence-corrected chi connectivity index (χ0v) is 15.4. The molecule has 0 aliphatic rings. The second-order valence-corrected chi connectivity index (χ2v) is 6.77. The Morgan fingerprint density at radius 3 is 2.44 bits per heavy atom. The van der Waals surface area contributed by atoms with Crippen molar-refractivity contribution in [1.29, 1.82) is 0 Å². The highest BCUT2D eigenvalue weighted by molar-refractivity contribution is 6.30. The lowest BCUT2D eigenvalue weighted by atomic mass is 10.1. The van der Waals surface area contributed by atoms with E-state index in [1.165, 1.54) is 0 Å². The summed E-state index contributed by atoms with van der Waals surface area (Å²) in [5.41, 5.74) is 2.74. The van der Waals surface area contributed by atoms with E-state index >= 15 is 0 Å². The molecule has 1 aromatic heterocycles. The van der Waals surface area contributed by atoms with Gasteiger partial charge in [-0.05, 0) is 48.0 Å². The number of aromatic nitrogens is 1. The fraction of sp³-hybridized carbons (Fsp3) is 0.0870. The summed E-state index contributed by atoms with van der Waals surface area (Å²) >= 11 is 5.90. The first-order valence-electron chi connectivity index (χ1n) is 8.74. The van der Waals surface area contributed by atoms with Gasteiger partial charge in [0.2, 0.25) is 0 Å². The van der Waals surface area contributed by atoms with Gasteiger partial charge in [-0.1, -0.05) is 48.0 Å². The van der Waals surface area contributed by atoms with Crippen LogP contribution in [-0.2, 0) is 13.2 Å². The van der Waals surface area contributed by atoms with Gasteiger partial charge in [0.1, 0.15) is 12.4 Å². The fourth-order valence-corrected chi connectivity index (χ4v) is 3.20. The lowest BCUT2D eigenvalue weighted by molar-refractivity contribution is 0.0973. The Morgan fingerprint density at radius 2 is 1.67 bits per heavy atom. The number of nitrogens with zero attached hydrogens (tertiary/aromatic N) is 1. The molecule has 0 spiro atoms. The Bertz CT molecular complexity index is 1070. The summed E-state index contributed by atoms with van der Waals surface area (Å²) in [6, 6.07) is 24.9. The van der Waals surface area contributed by atoms with E-state index in [0.717, 1.165) is 22.2 Å².